The highest BCUT2D eigenvalue weighted by Crippen LogP contribution is 2.14. The Balaban J connectivity index is 0.00000208. The zero-order valence-corrected chi connectivity index (χ0v) is 16.9. The van der Waals surface area contributed by atoms with Gasteiger partial charge in [-0.3, -0.25) is 9.88 Å². The minimum absolute atomic E-state index is 0. The van der Waals surface area contributed by atoms with E-state index in [0.29, 0.717) is 25.4 Å². The van der Waals surface area contributed by atoms with Gasteiger partial charge in [-0.05, 0) is 38.1 Å². The lowest BCUT2D eigenvalue weighted by Crippen LogP contribution is -2.56. The Hall–Kier alpha value is -0.990. The molecule has 150 valence electrons. The Kier molecular flexibility index (Phi) is 12.7. The Morgan fingerprint density at radius 1 is 1.19 bits per heavy atom. The Labute approximate surface area is 172 Å². The predicted molar refractivity (Wildman–Crippen MR) is 107 cm³/mol. The maximum atomic E-state index is 12.5. The minimum Gasteiger partial charge on any atom is -0.490 e. The molecule has 1 atom stereocenters. The second kappa shape index (κ2) is 13.2. The van der Waals surface area contributed by atoms with Gasteiger partial charge in [-0.25, -0.2) is 4.79 Å². The minimum atomic E-state index is -0.224. The average molecular weight is 430 g/mol. The molecule has 1 unspecified atom stereocenters. The topological polar surface area (TPSA) is 75.7 Å². The van der Waals surface area contributed by atoms with Crippen LogP contribution in [0, 0.1) is 0 Å². The van der Waals surface area contributed by atoms with Crippen molar-refractivity contribution in [1.82, 2.24) is 20.5 Å². The van der Waals surface area contributed by atoms with Crippen LogP contribution in [0.3, 0.4) is 0 Å². The molecule has 7 nitrogen and oxygen atoms in total. The second-order valence-electron chi connectivity index (χ2n) is 5.88. The monoisotopic (exact) mass is 428 g/mol. The van der Waals surface area contributed by atoms with Gasteiger partial charge < -0.3 is 20.1 Å². The van der Waals surface area contributed by atoms with Crippen molar-refractivity contribution in [3.05, 3.63) is 24.5 Å². The molecule has 1 aromatic rings. The average Bonchev–Trinajstić information content (AvgIpc) is 2.62. The number of nitrogens with one attached hydrogen (secondary N) is 2. The summed E-state index contributed by atoms with van der Waals surface area (Å²) in [5, 5.41) is 6.58. The number of hydrogen-bond acceptors (Lipinski definition) is 6. The van der Waals surface area contributed by atoms with Crippen LogP contribution in [-0.2, 0) is 4.74 Å². The van der Waals surface area contributed by atoms with E-state index in [1.165, 1.54) is 0 Å². The highest BCUT2D eigenvalue weighted by atomic mass is 35.5. The van der Waals surface area contributed by atoms with E-state index in [1.54, 1.807) is 17.3 Å². The molecule has 0 saturated carbocycles. The molecule has 0 aliphatic carbocycles. The number of carbonyl (C=O) groups excluding carboxylic acids is 1. The molecule has 2 N–H and O–H groups in total. The number of hydrogen-bond donors (Lipinski definition) is 2. The van der Waals surface area contributed by atoms with Crippen LogP contribution >= 0.6 is 37.2 Å². The number of amides is 1. The number of aromatic nitrogens is 1. The summed E-state index contributed by atoms with van der Waals surface area (Å²) in [6, 6.07) is 3.66. The van der Waals surface area contributed by atoms with Crippen LogP contribution < -0.4 is 15.4 Å². The summed E-state index contributed by atoms with van der Waals surface area (Å²) in [6.07, 6.45) is 4.95. The molecule has 0 spiro atoms. The summed E-state index contributed by atoms with van der Waals surface area (Å²) in [4.78, 5) is 18.3. The SMILES string of the molecule is Cl.Cl.Cl.O=C(OC1CCNCC1)N1CCNCC1COc1cccnc1. The number of piperidine rings is 1. The first kappa shape index (κ1) is 25.0. The van der Waals surface area contributed by atoms with E-state index >= 15 is 0 Å². The van der Waals surface area contributed by atoms with Crippen molar-refractivity contribution < 1.29 is 14.3 Å². The van der Waals surface area contributed by atoms with Crippen LogP contribution in [0.4, 0.5) is 4.79 Å². The maximum Gasteiger partial charge on any atom is 0.410 e. The predicted octanol–water partition coefficient (Wildman–Crippen LogP) is 1.89. The lowest BCUT2D eigenvalue weighted by molar-refractivity contribution is 0.0260. The van der Waals surface area contributed by atoms with Crippen LogP contribution in [-0.4, -0.2) is 67.5 Å². The third-order valence-corrected chi connectivity index (χ3v) is 4.22. The van der Waals surface area contributed by atoms with Crippen LogP contribution in [0.15, 0.2) is 24.5 Å². The summed E-state index contributed by atoms with van der Waals surface area (Å²) < 4.78 is 11.4. The molecule has 2 saturated heterocycles. The molecule has 1 aromatic heterocycles. The quantitative estimate of drug-likeness (QED) is 0.761. The van der Waals surface area contributed by atoms with Gasteiger partial charge in [-0.1, -0.05) is 0 Å². The van der Waals surface area contributed by atoms with Gasteiger partial charge in [0.2, 0.25) is 0 Å². The molecule has 0 bridgehead atoms. The molecule has 26 heavy (non-hydrogen) atoms. The van der Waals surface area contributed by atoms with E-state index < -0.39 is 0 Å². The van der Waals surface area contributed by atoms with Crippen LogP contribution in [0.1, 0.15) is 12.8 Å². The first-order valence-electron chi connectivity index (χ1n) is 8.24. The van der Waals surface area contributed by atoms with Crippen molar-refractivity contribution in [3.8, 4) is 5.75 Å². The second-order valence-corrected chi connectivity index (χ2v) is 5.88. The molecule has 3 heterocycles. The van der Waals surface area contributed by atoms with Crippen molar-refractivity contribution in [2.75, 3.05) is 39.3 Å². The Morgan fingerprint density at radius 3 is 2.65 bits per heavy atom. The van der Waals surface area contributed by atoms with E-state index in [9.17, 15) is 4.79 Å². The summed E-state index contributed by atoms with van der Waals surface area (Å²) in [5.41, 5.74) is 0. The van der Waals surface area contributed by atoms with Gasteiger partial charge in [-0.2, -0.15) is 0 Å². The molecular weight excluding hydrogens is 403 g/mol. The summed E-state index contributed by atoms with van der Waals surface area (Å²) in [5.74, 6) is 0.713. The number of carbonyl (C=O) groups is 1. The first-order valence-corrected chi connectivity index (χ1v) is 8.24. The maximum absolute atomic E-state index is 12.5. The van der Waals surface area contributed by atoms with Gasteiger partial charge in [0, 0.05) is 25.8 Å². The molecule has 10 heteroatoms. The number of ether oxygens (including phenoxy) is 2. The van der Waals surface area contributed by atoms with Crippen molar-refractivity contribution in [2.24, 2.45) is 0 Å². The highest BCUT2D eigenvalue weighted by Gasteiger charge is 2.30. The molecular formula is C16H27Cl3N4O3. The van der Waals surface area contributed by atoms with Gasteiger partial charge in [0.25, 0.3) is 0 Å². The highest BCUT2D eigenvalue weighted by molar-refractivity contribution is 5.86. The summed E-state index contributed by atoms with van der Waals surface area (Å²) in [6.45, 7) is 4.39. The Morgan fingerprint density at radius 2 is 1.96 bits per heavy atom. The molecule has 2 aliphatic heterocycles. The third kappa shape index (κ3) is 7.32. The lowest BCUT2D eigenvalue weighted by Gasteiger charge is -2.36. The summed E-state index contributed by atoms with van der Waals surface area (Å²) in [7, 11) is 0. The number of nitrogens with zero attached hydrogens (tertiary/aromatic N) is 2. The smallest absolute Gasteiger partial charge is 0.410 e. The van der Waals surface area contributed by atoms with E-state index in [1.807, 2.05) is 12.1 Å². The number of rotatable bonds is 4. The number of pyridine rings is 1. The molecule has 2 aliphatic rings. The lowest BCUT2D eigenvalue weighted by atomic mass is 10.1. The Bertz CT molecular complexity index is 507. The van der Waals surface area contributed by atoms with E-state index in [-0.39, 0.29) is 55.5 Å². The van der Waals surface area contributed by atoms with Crippen LogP contribution in [0.25, 0.3) is 0 Å². The van der Waals surface area contributed by atoms with Crippen molar-refractivity contribution in [2.45, 2.75) is 25.0 Å². The largest absolute Gasteiger partial charge is 0.490 e. The fourth-order valence-corrected chi connectivity index (χ4v) is 2.90. The molecule has 0 aromatic carbocycles. The summed E-state index contributed by atoms with van der Waals surface area (Å²) >= 11 is 0. The van der Waals surface area contributed by atoms with Crippen LogP contribution in [0.5, 0.6) is 5.75 Å². The van der Waals surface area contributed by atoms with Gasteiger partial charge >= 0.3 is 6.09 Å². The van der Waals surface area contributed by atoms with Gasteiger partial charge in [-0.15, -0.1) is 37.2 Å². The van der Waals surface area contributed by atoms with Gasteiger partial charge in [0.05, 0.1) is 12.2 Å². The standard InChI is InChI=1S/C16H24N4O3.3ClH/c21-16(23-14-3-6-17-7-4-14)20-9-8-19-10-13(20)12-22-15-2-1-5-18-11-15;;;/h1-2,5,11,13-14,17,19H,3-4,6-10,12H2;3*1H. The van der Waals surface area contributed by atoms with E-state index in [0.717, 1.165) is 32.5 Å². The van der Waals surface area contributed by atoms with Crippen molar-refractivity contribution in [3.63, 3.8) is 0 Å². The zero-order chi connectivity index (χ0) is 15.9. The fraction of sp³-hybridized carbons (Fsp3) is 0.625. The molecule has 1 amide bonds. The van der Waals surface area contributed by atoms with Crippen molar-refractivity contribution >= 4 is 43.3 Å². The van der Waals surface area contributed by atoms with Crippen molar-refractivity contribution in [1.29, 1.82) is 0 Å². The van der Waals surface area contributed by atoms with Gasteiger partial charge in [0.15, 0.2) is 0 Å². The van der Waals surface area contributed by atoms with E-state index in [2.05, 4.69) is 15.6 Å². The molecule has 3 rings (SSSR count). The number of halogens is 3. The van der Waals surface area contributed by atoms with E-state index in [4.69, 9.17) is 9.47 Å². The van der Waals surface area contributed by atoms with Gasteiger partial charge in [0.1, 0.15) is 18.5 Å². The molecule has 2 fully saturated rings. The molecule has 0 radical (unpaired) electrons. The zero-order valence-electron chi connectivity index (χ0n) is 14.5. The normalized spacial score (nSPS) is 20.0. The third-order valence-electron chi connectivity index (χ3n) is 4.22. The fourth-order valence-electron chi connectivity index (χ4n) is 2.90. The number of piperazine rings is 1. The first-order chi connectivity index (χ1) is 11.3. The van der Waals surface area contributed by atoms with Crippen LogP contribution in [0.2, 0.25) is 0 Å².